The Morgan fingerprint density at radius 1 is 1.16 bits per heavy atom. The van der Waals surface area contributed by atoms with Crippen molar-refractivity contribution in [3.63, 3.8) is 0 Å². The molecule has 0 atom stereocenters. The lowest BCUT2D eigenvalue weighted by molar-refractivity contribution is 0.0889. The normalized spacial score (nSPS) is 15.3. The van der Waals surface area contributed by atoms with E-state index >= 15 is 4.39 Å². The standard InChI is InChI=1S/C28H26FN7O2/c1-17-14-21-23(36(17)28(37)18-2-3-18)8-9-24(25(21)29)38-27-22(15-30)26(32-16-33-27)34-19-4-6-20(7-5-19)35-12-10-31-11-13-35/h4-9,14,16,18,31H,2-3,10-13H2,1H3,(H,32,33,34). The second-order valence-corrected chi connectivity index (χ2v) is 9.57. The zero-order valence-electron chi connectivity index (χ0n) is 20.9. The van der Waals surface area contributed by atoms with Gasteiger partial charge in [0.1, 0.15) is 12.4 Å². The Hall–Kier alpha value is -4.49. The van der Waals surface area contributed by atoms with Crippen LogP contribution in [0.4, 0.5) is 21.6 Å². The monoisotopic (exact) mass is 511 g/mol. The minimum Gasteiger partial charge on any atom is -0.434 e. The van der Waals surface area contributed by atoms with E-state index < -0.39 is 5.82 Å². The Morgan fingerprint density at radius 3 is 2.63 bits per heavy atom. The summed E-state index contributed by atoms with van der Waals surface area (Å²) in [5.41, 5.74) is 3.09. The quantitative estimate of drug-likeness (QED) is 0.382. The van der Waals surface area contributed by atoms with E-state index in [0.717, 1.165) is 50.4 Å². The number of aromatic nitrogens is 3. The summed E-state index contributed by atoms with van der Waals surface area (Å²) in [7, 11) is 0. The van der Waals surface area contributed by atoms with Gasteiger partial charge in [0.2, 0.25) is 11.8 Å². The Labute approximate surface area is 218 Å². The molecule has 2 aromatic heterocycles. The number of piperazine rings is 1. The highest BCUT2D eigenvalue weighted by Crippen LogP contribution is 2.37. The molecule has 1 saturated heterocycles. The van der Waals surface area contributed by atoms with Gasteiger partial charge in [0.25, 0.3) is 0 Å². The van der Waals surface area contributed by atoms with Gasteiger partial charge in [-0.15, -0.1) is 0 Å². The molecular formula is C28H26FN7O2. The average molecular weight is 512 g/mol. The van der Waals surface area contributed by atoms with Gasteiger partial charge in [-0.2, -0.15) is 5.26 Å². The van der Waals surface area contributed by atoms with Crippen LogP contribution in [0.3, 0.4) is 0 Å². The smallest absolute Gasteiger partial charge is 0.242 e. The van der Waals surface area contributed by atoms with Crippen LogP contribution in [0, 0.1) is 30.0 Å². The molecule has 4 aromatic rings. The molecule has 0 bridgehead atoms. The number of aryl methyl sites for hydroxylation is 1. The maximum absolute atomic E-state index is 15.5. The van der Waals surface area contributed by atoms with Crippen LogP contribution < -0.4 is 20.3 Å². The van der Waals surface area contributed by atoms with Crippen molar-refractivity contribution in [2.24, 2.45) is 5.92 Å². The SMILES string of the molecule is Cc1cc2c(F)c(Oc3ncnc(Nc4ccc(N5CCNCC5)cc4)c3C#N)ccc2n1C(=O)C1CC1. The molecule has 9 nitrogen and oxygen atoms in total. The number of hydrogen-bond acceptors (Lipinski definition) is 8. The minimum atomic E-state index is -0.617. The van der Waals surface area contributed by atoms with Crippen molar-refractivity contribution in [2.45, 2.75) is 19.8 Å². The van der Waals surface area contributed by atoms with Crippen molar-refractivity contribution in [3.05, 3.63) is 65.9 Å². The lowest BCUT2D eigenvalue weighted by Gasteiger charge is -2.29. The number of nitrogens with zero attached hydrogens (tertiary/aromatic N) is 5. The van der Waals surface area contributed by atoms with E-state index in [1.54, 1.807) is 23.6 Å². The average Bonchev–Trinajstić information content (AvgIpc) is 3.73. The van der Waals surface area contributed by atoms with E-state index in [1.165, 1.54) is 12.4 Å². The number of carbonyl (C=O) groups is 1. The largest absolute Gasteiger partial charge is 0.434 e. The Bertz CT molecular complexity index is 1570. The van der Waals surface area contributed by atoms with Crippen LogP contribution in [0.25, 0.3) is 10.9 Å². The van der Waals surface area contributed by atoms with Crippen molar-refractivity contribution < 1.29 is 13.9 Å². The highest BCUT2D eigenvalue weighted by atomic mass is 19.1. The lowest BCUT2D eigenvalue weighted by atomic mass is 10.2. The summed E-state index contributed by atoms with van der Waals surface area (Å²) in [6.45, 7) is 5.58. The number of anilines is 3. The number of fused-ring (bicyclic) bond motifs is 1. The van der Waals surface area contributed by atoms with Gasteiger partial charge >= 0.3 is 0 Å². The van der Waals surface area contributed by atoms with Gasteiger partial charge in [0.15, 0.2) is 22.9 Å². The van der Waals surface area contributed by atoms with Crippen LogP contribution >= 0.6 is 0 Å². The van der Waals surface area contributed by atoms with Gasteiger partial charge in [-0.25, -0.2) is 14.4 Å². The van der Waals surface area contributed by atoms with E-state index in [-0.39, 0.29) is 40.2 Å². The zero-order chi connectivity index (χ0) is 26.2. The molecule has 2 N–H and O–H groups in total. The molecule has 2 aliphatic rings. The van der Waals surface area contributed by atoms with Crippen molar-refractivity contribution in [1.82, 2.24) is 19.9 Å². The molecule has 38 heavy (non-hydrogen) atoms. The number of nitrogens with one attached hydrogen (secondary N) is 2. The summed E-state index contributed by atoms with van der Waals surface area (Å²) in [4.78, 5) is 23.3. The maximum atomic E-state index is 15.5. The van der Waals surface area contributed by atoms with E-state index in [2.05, 4.69) is 31.6 Å². The van der Waals surface area contributed by atoms with Gasteiger partial charge < -0.3 is 20.3 Å². The molecule has 192 valence electrons. The fourth-order valence-corrected chi connectivity index (χ4v) is 4.80. The van der Waals surface area contributed by atoms with Crippen LogP contribution in [0.5, 0.6) is 11.6 Å². The summed E-state index contributed by atoms with van der Waals surface area (Å²) in [6, 6.07) is 14.7. The first-order valence-corrected chi connectivity index (χ1v) is 12.6. The van der Waals surface area contributed by atoms with Gasteiger partial charge in [-0.3, -0.25) is 9.36 Å². The number of halogens is 1. The molecule has 0 unspecified atom stereocenters. The van der Waals surface area contributed by atoms with Crippen molar-refractivity contribution in [2.75, 3.05) is 36.4 Å². The first-order chi connectivity index (χ1) is 18.5. The summed E-state index contributed by atoms with van der Waals surface area (Å²) in [5.74, 6) is -0.517. The van der Waals surface area contributed by atoms with E-state index in [0.29, 0.717) is 11.2 Å². The number of benzene rings is 2. The molecule has 1 saturated carbocycles. The van der Waals surface area contributed by atoms with Crippen molar-refractivity contribution in [3.8, 4) is 17.7 Å². The van der Waals surface area contributed by atoms with Crippen LogP contribution in [0.15, 0.2) is 48.8 Å². The summed E-state index contributed by atoms with van der Waals surface area (Å²) in [5, 5.41) is 16.6. The zero-order valence-corrected chi connectivity index (χ0v) is 20.9. The molecule has 1 aliphatic heterocycles. The summed E-state index contributed by atoms with van der Waals surface area (Å²) >= 11 is 0. The van der Waals surface area contributed by atoms with E-state index in [4.69, 9.17) is 4.74 Å². The first-order valence-electron chi connectivity index (χ1n) is 12.6. The van der Waals surface area contributed by atoms with Gasteiger partial charge in [-0.05, 0) is 62.2 Å². The first kappa shape index (κ1) is 23.9. The van der Waals surface area contributed by atoms with E-state index in [9.17, 15) is 10.1 Å². The molecule has 0 spiro atoms. The third-order valence-electron chi connectivity index (χ3n) is 6.96. The predicted octanol–water partition coefficient (Wildman–Crippen LogP) is 4.75. The van der Waals surface area contributed by atoms with Crippen LogP contribution in [-0.4, -0.2) is 46.6 Å². The Balaban J connectivity index is 1.26. The molecule has 2 aromatic carbocycles. The maximum Gasteiger partial charge on any atom is 0.242 e. The minimum absolute atomic E-state index is 0.00619. The van der Waals surface area contributed by atoms with Crippen LogP contribution in [-0.2, 0) is 0 Å². The highest BCUT2D eigenvalue weighted by molar-refractivity contribution is 5.96. The number of rotatable bonds is 6. The van der Waals surface area contributed by atoms with Crippen molar-refractivity contribution in [1.29, 1.82) is 5.26 Å². The molecule has 2 fully saturated rings. The molecular weight excluding hydrogens is 485 g/mol. The number of ether oxygens (including phenoxy) is 1. The third-order valence-corrected chi connectivity index (χ3v) is 6.96. The van der Waals surface area contributed by atoms with Gasteiger partial charge in [0, 0.05) is 54.6 Å². The Morgan fingerprint density at radius 2 is 1.92 bits per heavy atom. The lowest BCUT2D eigenvalue weighted by Crippen LogP contribution is -2.43. The summed E-state index contributed by atoms with van der Waals surface area (Å²) in [6.07, 6.45) is 2.99. The number of nitriles is 1. The molecule has 3 heterocycles. The third kappa shape index (κ3) is 4.41. The van der Waals surface area contributed by atoms with Gasteiger partial charge in [0.05, 0.1) is 5.52 Å². The fourth-order valence-electron chi connectivity index (χ4n) is 4.80. The molecule has 10 heteroatoms. The number of hydrogen-bond donors (Lipinski definition) is 2. The second kappa shape index (κ2) is 9.76. The van der Waals surface area contributed by atoms with E-state index in [1.807, 2.05) is 24.3 Å². The topological polar surface area (TPSA) is 108 Å². The fraction of sp³-hybridized carbons (Fsp3) is 0.286. The molecule has 1 aliphatic carbocycles. The Kier molecular flexibility index (Phi) is 6.13. The van der Waals surface area contributed by atoms with Crippen LogP contribution in [0.2, 0.25) is 0 Å². The predicted molar refractivity (Wildman–Crippen MR) is 142 cm³/mol. The van der Waals surface area contributed by atoms with Crippen LogP contribution in [0.1, 0.15) is 28.9 Å². The van der Waals surface area contributed by atoms with Crippen molar-refractivity contribution >= 4 is 34.0 Å². The highest BCUT2D eigenvalue weighted by Gasteiger charge is 2.32. The van der Waals surface area contributed by atoms with Gasteiger partial charge in [-0.1, -0.05) is 0 Å². The second-order valence-electron chi connectivity index (χ2n) is 9.57. The summed E-state index contributed by atoms with van der Waals surface area (Å²) < 4.78 is 22.9. The molecule has 6 rings (SSSR count). The molecule has 0 radical (unpaired) electrons. The molecule has 0 amide bonds. The number of carbonyl (C=O) groups excluding carboxylic acids is 1.